The highest BCUT2D eigenvalue weighted by Crippen LogP contribution is 2.28. The molecule has 11 heteroatoms. The third-order valence-corrected chi connectivity index (χ3v) is 6.46. The summed E-state index contributed by atoms with van der Waals surface area (Å²) in [4.78, 5) is 62.1. The Morgan fingerprint density at radius 3 is 2.69 bits per heavy atom. The second kappa shape index (κ2) is 8.95. The monoisotopic (exact) mass is 455 g/mol. The number of aryl methyl sites for hydroxylation is 2. The Bertz CT molecular complexity index is 1130. The number of carbonyl (C=O) groups is 5. The highest BCUT2D eigenvalue weighted by atomic mass is 32.1. The Morgan fingerprint density at radius 2 is 1.97 bits per heavy atom. The van der Waals surface area contributed by atoms with Gasteiger partial charge in [0.25, 0.3) is 17.7 Å². The number of nitrogens with one attached hydrogen (secondary N) is 2. The number of nitrogens with zero attached hydrogens (tertiary/aromatic N) is 3. The minimum atomic E-state index is -0.979. The quantitative estimate of drug-likeness (QED) is 0.466. The van der Waals surface area contributed by atoms with Gasteiger partial charge < -0.3 is 5.32 Å². The molecule has 1 saturated heterocycles. The Hall–Kier alpha value is -3.47. The van der Waals surface area contributed by atoms with Crippen LogP contribution in [0.15, 0.2) is 18.2 Å². The maximum absolute atomic E-state index is 12.9. The molecule has 166 valence electrons. The number of hydrogen-bond donors (Lipinski definition) is 2. The molecule has 2 aliphatic rings. The van der Waals surface area contributed by atoms with E-state index in [1.54, 1.807) is 18.2 Å². The van der Waals surface area contributed by atoms with E-state index < -0.39 is 29.7 Å². The van der Waals surface area contributed by atoms with Crippen LogP contribution in [0.2, 0.25) is 0 Å². The molecule has 1 fully saturated rings. The van der Waals surface area contributed by atoms with Crippen molar-refractivity contribution >= 4 is 40.9 Å². The topological polar surface area (TPSA) is 138 Å². The summed E-state index contributed by atoms with van der Waals surface area (Å²) in [7, 11) is 0. The molecule has 0 aliphatic carbocycles. The van der Waals surface area contributed by atoms with Gasteiger partial charge >= 0.3 is 0 Å². The fourth-order valence-electron chi connectivity index (χ4n) is 3.73. The van der Waals surface area contributed by atoms with E-state index in [0.29, 0.717) is 24.4 Å². The number of imide groups is 2. The van der Waals surface area contributed by atoms with Crippen molar-refractivity contribution < 1.29 is 24.0 Å². The second-order valence-electron chi connectivity index (χ2n) is 7.54. The van der Waals surface area contributed by atoms with Gasteiger partial charge in [0.2, 0.25) is 16.8 Å². The van der Waals surface area contributed by atoms with Crippen LogP contribution in [0.5, 0.6) is 0 Å². The molecule has 4 rings (SSSR count). The van der Waals surface area contributed by atoms with Gasteiger partial charge in [-0.3, -0.25) is 34.2 Å². The molecule has 2 N–H and O–H groups in total. The molecule has 10 nitrogen and oxygen atoms in total. The summed E-state index contributed by atoms with van der Waals surface area (Å²) < 4.78 is 0. The average molecular weight is 455 g/mol. The molecule has 1 atom stereocenters. The first kappa shape index (κ1) is 21.8. The van der Waals surface area contributed by atoms with Crippen molar-refractivity contribution in [3.63, 3.8) is 0 Å². The van der Waals surface area contributed by atoms with Crippen LogP contribution in [0.1, 0.15) is 67.3 Å². The molecule has 1 aromatic carbocycles. The fraction of sp³-hybridized carbons (Fsp3) is 0.381. The predicted molar refractivity (Wildman–Crippen MR) is 113 cm³/mol. The second-order valence-corrected chi connectivity index (χ2v) is 8.60. The summed E-state index contributed by atoms with van der Waals surface area (Å²) in [6.07, 6.45) is 2.15. The van der Waals surface area contributed by atoms with Gasteiger partial charge in [-0.05, 0) is 43.4 Å². The van der Waals surface area contributed by atoms with E-state index in [1.807, 2.05) is 6.92 Å². The summed E-state index contributed by atoms with van der Waals surface area (Å²) in [5.74, 6) is -2.36. The van der Waals surface area contributed by atoms with Crippen LogP contribution in [0.4, 0.5) is 0 Å². The number of amides is 5. The SMILES string of the molecule is CCc1nnc(C(=O)NCCCc2ccc3c(c2)C(=O)N(C2CCC(=O)NC2=O)C3=O)s1. The van der Waals surface area contributed by atoms with Crippen LogP contribution in [0, 0.1) is 0 Å². The zero-order chi connectivity index (χ0) is 22.8. The number of carbonyl (C=O) groups excluding carboxylic acids is 5. The van der Waals surface area contributed by atoms with Crippen LogP contribution >= 0.6 is 11.3 Å². The number of piperidine rings is 1. The van der Waals surface area contributed by atoms with E-state index in [1.165, 1.54) is 11.3 Å². The van der Waals surface area contributed by atoms with Crippen molar-refractivity contribution in [2.45, 2.75) is 45.1 Å². The summed E-state index contributed by atoms with van der Waals surface area (Å²) in [5, 5.41) is 13.9. The first-order valence-corrected chi connectivity index (χ1v) is 11.2. The first-order valence-electron chi connectivity index (χ1n) is 10.3. The van der Waals surface area contributed by atoms with E-state index in [2.05, 4.69) is 20.8 Å². The molecule has 0 spiro atoms. The van der Waals surface area contributed by atoms with Gasteiger partial charge in [0, 0.05) is 13.0 Å². The van der Waals surface area contributed by atoms with Crippen molar-refractivity contribution in [1.29, 1.82) is 0 Å². The van der Waals surface area contributed by atoms with Crippen LogP contribution in [-0.2, 0) is 22.4 Å². The summed E-state index contributed by atoms with van der Waals surface area (Å²) in [5.41, 5.74) is 1.34. The molecular formula is C21H21N5O5S. The van der Waals surface area contributed by atoms with Crippen molar-refractivity contribution in [3.05, 3.63) is 44.9 Å². The van der Waals surface area contributed by atoms with Crippen molar-refractivity contribution in [1.82, 2.24) is 25.7 Å². The number of fused-ring (bicyclic) bond motifs is 1. The Morgan fingerprint density at radius 1 is 1.19 bits per heavy atom. The standard InChI is InChI=1S/C21H21N5O5S/c1-2-16-24-25-19(32-16)18(29)22-9-3-4-11-5-6-12-13(10-11)21(31)26(20(12)30)14-7-8-15(27)23-17(14)28/h5-6,10,14H,2-4,7-9H2,1H3,(H,22,29)(H,23,27,28). The Labute approximate surface area is 187 Å². The zero-order valence-corrected chi connectivity index (χ0v) is 18.2. The Kier molecular flexibility index (Phi) is 6.08. The molecule has 1 unspecified atom stereocenters. The van der Waals surface area contributed by atoms with Gasteiger partial charge in [-0.2, -0.15) is 0 Å². The largest absolute Gasteiger partial charge is 0.350 e. The van der Waals surface area contributed by atoms with Gasteiger partial charge in [-0.25, -0.2) is 0 Å². The minimum absolute atomic E-state index is 0.0809. The normalized spacial score (nSPS) is 18.0. The lowest BCUT2D eigenvalue weighted by atomic mass is 10.0. The fourth-order valence-corrected chi connectivity index (χ4v) is 4.43. The van der Waals surface area contributed by atoms with Crippen molar-refractivity contribution in [2.24, 2.45) is 0 Å². The predicted octanol–water partition coefficient (Wildman–Crippen LogP) is 0.864. The van der Waals surface area contributed by atoms with Crippen molar-refractivity contribution in [2.75, 3.05) is 6.54 Å². The van der Waals surface area contributed by atoms with Gasteiger partial charge in [0.1, 0.15) is 11.0 Å². The summed E-state index contributed by atoms with van der Waals surface area (Å²) >= 11 is 1.27. The highest BCUT2D eigenvalue weighted by Gasteiger charge is 2.44. The summed E-state index contributed by atoms with van der Waals surface area (Å²) in [6.45, 7) is 2.37. The minimum Gasteiger partial charge on any atom is -0.350 e. The van der Waals surface area contributed by atoms with E-state index in [9.17, 15) is 24.0 Å². The third-order valence-electron chi connectivity index (χ3n) is 5.40. The lowest BCUT2D eigenvalue weighted by molar-refractivity contribution is -0.136. The smallest absolute Gasteiger partial charge is 0.282 e. The van der Waals surface area contributed by atoms with E-state index in [4.69, 9.17) is 0 Å². The van der Waals surface area contributed by atoms with E-state index in [-0.39, 0.29) is 29.9 Å². The first-order chi connectivity index (χ1) is 15.4. The van der Waals surface area contributed by atoms with Gasteiger partial charge in [-0.1, -0.05) is 24.3 Å². The number of rotatable bonds is 7. The molecule has 5 amide bonds. The maximum atomic E-state index is 12.9. The molecule has 0 saturated carbocycles. The average Bonchev–Trinajstić information content (AvgIpc) is 3.35. The number of aromatic nitrogens is 2. The van der Waals surface area contributed by atoms with E-state index >= 15 is 0 Å². The molecule has 3 heterocycles. The zero-order valence-electron chi connectivity index (χ0n) is 17.3. The van der Waals surface area contributed by atoms with Crippen LogP contribution < -0.4 is 10.6 Å². The van der Waals surface area contributed by atoms with Crippen LogP contribution in [-0.4, -0.2) is 57.2 Å². The van der Waals surface area contributed by atoms with Crippen LogP contribution in [0.3, 0.4) is 0 Å². The third kappa shape index (κ3) is 4.15. The van der Waals surface area contributed by atoms with E-state index in [0.717, 1.165) is 21.9 Å². The van der Waals surface area contributed by atoms with Gasteiger partial charge in [-0.15, -0.1) is 10.2 Å². The summed E-state index contributed by atoms with van der Waals surface area (Å²) in [6, 6.07) is 4.02. The number of benzene rings is 1. The van der Waals surface area contributed by atoms with Gasteiger partial charge in [0.15, 0.2) is 0 Å². The highest BCUT2D eigenvalue weighted by molar-refractivity contribution is 7.13. The maximum Gasteiger partial charge on any atom is 0.282 e. The van der Waals surface area contributed by atoms with Gasteiger partial charge in [0.05, 0.1) is 11.1 Å². The Balaban J connectivity index is 1.36. The molecule has 2 aliphatic heterocycles. The molecule has 2 aromatic rings. The molecular weight excluding hydrogens is 434 g/mol. The number of hydrogen-bond acceptors (Lipinski definition) is 8. The van der Waals surface area contributed by atoms with Crippen LogP contribution in [0.25, 0.3) is 0 Å². The molecule has 0 bridgehead atoms. The molecule has 1 aromatic heterocycles. The van der Waals surface area contributed by atoms with Crippen molar-refractivity contribution in [3.8, 4) is 0 Å². The lowest BCUT2D eigenvalue weighted by Crippen LogP contribution is -2.54. The lowest BCUT2D eigenvalue weighted by Gasteiger charge is -2.27. The molecule has 0 radical (unpaired) electrons. The molecule has 32 heavy (non-hydrogen) atoms.